The van der Waals surface area contributed by atoms with Crippen LogP contribution >= 0.6 is 7.82 Å². The molecule has 0 unspecified atom stereocenters. The van der Waals surface area contributed by atoms with E-state index in [2.05, 4.69) is 6.92 Å². The summed E-state index contributed by atoms with van der Waals surface area (Å²) >= 11 is 0. The van der Waals surface area contributed by atoms with E-state index in [0.29, 0.717) is 0 Å². The second kappa shape index (κ2) is 10.4. The van der Waals surface area contributed by atoms with Crippen molar-refractivity contribution in [3.8, 4) is 0 Å². The maximum atomic E-state index is 10.8. The summed E-state index contributed by atoms with van der Waals surface area (Å²) in [5.74, 6) is 0. The molecule has 0 amide bonds. The average molecular weight is 302 g/mol. The molecule has 0 aliphatic heterocycles. The van der Waals surface area contributed by atoms with Gasteiger partial charge in [-0.2, -0.15) is 6.92 Å². The maximum Gasteiger partial charge on any atom is 2.00 e. The Balaban J connectivity index is -0.0000000910. The minimum atomic E-state index is -5.27. The van der Waals surface area contributed by atoms with Gasteiger partial charge in [0.05, 0.1) is 0 Å². The van der Waals surface area contributed by atoms with Gasteiger partial charge in [0.15, 0.2) is 0 Å². The second-order valence-electron chi connectivity index (χ2n) is 1.74. The van der Waals surface area contributed by atoms with E-state index in [1.807, 2.05) is 0 Å². The summed E-state index contributed by atoms with van der Waals surface area (Å²) in [4.78, 5) is 21.6. The van der Waals surface area contributed by atoms with Crippen molar-refractivity contribution in [3.05, 3.63) is 13.3 Å². The Morgan fingerprint density at radius 3 is 1.06 bits per heavy atom. The zero-order valence-corrected chi connectivity index (χ0v) is 10.8. The molecule has 0 rings (SSSR count). The van der Waals surface area contributed by atoms with Gasteiger partial charge in [0.1, 0.15) is 0 Å². The van der Waals surface area contributed by atoms with Gasteiger partial charge in [-0.1, -0.05) is 0 Å². The van der Waals surface area contributed by atoms with E-state index >= 15 is 0 Å². The van der Waals surface area contributed by atoms with E-state index in [-0.39, 0.29) is 23.1 Å². The van der Waals surface area contributed by atoms with Crippen LogP contribution in [0, 0.1) is 13.3 Å². The molecule has 0 aromatic carbocycles. The number of alkyl halides is 6. The Bertz CT molecular complexity index is 191. The van der Waals surface area contributed by atoms with Crippen molar-refractivity contribution in [2.24, 2.45) is 0 Å². The number of phosphoric acid groups is 1. The Kier molecular flexibility index (Phi) is 15.9. The first kappa shape index (κ1) is 26.1. The van der Waals surface area contributed by atoms with Gasteiger partial charge < -0.3 is 21.6 Å². The Labute approximate surface area is 109 Å². The summed E-state index contributed by atoms with van der Waals surface area (Å²) in [6.45, 7) is 5.00. The van der Waals surface area contributed by atoms with Crippen molar-refractivity contribution in [1.82, 2.24) is 0 Å². The molecule has 0 aromatic heterocycles. The van der Waals surface area contributed by atoms with E-state index in [4.69, 9.17) is 19.2 Å². The molecular weight excluding hydrogens is 293 g/mol. The zero-order valence-electron chi connectivity index (χ0n) is 8.46. The van der Waals surface area contributed by atoms with Crippen molar-refractivity contribution < 1.29 is 45.6 Å². The van der Waals surface area contributed by atoms with Crippen molar-refractivity contribution in [1.29, 1.82) is 0 Å². The monoisotopic (exact) mass is 302 g/mol. The summed E-state index contributed by atoms with van der Waals surface area (Å²) < 4.78 is 73.5. The summed E-state index contributed by atoms with van der Waals surface area (Å²) in [7, 11) is -4.64. The molecule has 0 spiro atoms. The molecule has 0 aromatic rings. The molecule has 12 heteroatoms. The van der Waals surface area contributed by atoms with Gasteiger partial charge in [-0.15, -0.1) is 6.42 Å². The van der Waals surface area contributed by atoms with Gasteiger partial charge >= 0.3 is 30.9 Å². The molecule has 0 aliphatic rings. The van der Waals surface area contributed by atoms with Gasteiger partial charge in [-0.25, -0.2) is 30.9 Å². The maximum absolute atomic E-state index is 10.8. The fourth-order valence-electron chi connectivity index (χ4n) is 0.186. The quantitative estimate of drug-likeness (QED) is 0.276. The first-order valence-corrected chi connectivity index (χ1v) is 4.77. The van der Waals surface area contributed by atoms with Crippen LogP contribution in [0.25, 0.3) is 0 Å². The van der Waals surface area contributed by atoms with Crippen LogP contribution < -0.4 is 0 Å². The third-order valence-electron chi connectivity index (χ3n) is 0.327. The van der Waals surface area contributed by atoms with Crippen LogP contribution in [0.1, 0.15) is 6.92 Å². The van der Waals surface area contributed by atoms with E-state index < -0.39 is 26.6 Å². The van der Waals surface area contributed by atoms with Crippen LogP contribution in [-0.4, -0.2) is 50.1 Å². The third kappa shape index (κ3) is 82.5. The topological polar surface area (TPSA) is 77.8 Å². The van der Waals surface area contributed by atoms with Crippen LogP contribution in [0.3, 0.4) is 0 Å². The van der Waals surface area contributed by atoms with E-state index in [0.717, 1.165) is 0 Å². The molecule has 102 valence electrons. The number of hydrogen-bond donors (Lipinski definition) is 3. The summed E-state index contributed by atoms with van der Waals surface area (Å²) in [5.41, 5.74) is 0. The molecule has 0 saturated heterocycles. The fourth-order valence-corrected chi connectivity index (χ4v) is 0.186. The van der Waals surface area contributed by atoms with Crippen molar-refractivity contribution >= 4 is 30.9 Å². The minimum Gasteiger partial charge on any atom is -0.346 e. The van der Waals surface area contributed by atoms with Crippen LogP contribution in [0.15, 0.2) is 0 Å². The summed E-state index contributed by atoms with van der Waals surface area (Å²) in [6, 6.07) is 0. The molecule has 0 fully saturated rings. The number of hydrogen-bond acceptors (Lipinski definition) is 1. The van der Waals surface area contributed by atoms with Gasteiger partial charge in [0.25, 0.3) is 12.4 Å². The molecule has 4 nitrogen and oxygen atoms in total. The first-order valence-electron chi connectivity index (χ1n) is 3.20. The minimum absolute atomic E-state index is 0. The number of rotatable bonds is 0. The predicted molar refractivity (Wildman–Crippen MR) is 47.5 cm³/mol. The molecule has 0 atom stereocenters. The van der Waals surface area contributed by atoms with Gasteiger partial charge in [-0.3, -0.25) is 0 Å². The molecule has 0 saturated carbocycles. The van der Waals surface area contributed by atoms with E-state index in [1.165, 1.54) is 0 Å². The van der Waals surface area contributed by atoms with E-state index in [9.17, 15) is 26.3 Å². The third-order valence-corrected chi connectivity index (χ3v) is 0.327. The van der Waals surface area contributed by atoms with Crippen molar-refractivity contribution in [2.75, 3.05) is 0 Å². The summed E-state index contributed by atoms with van der Waals surface area (Å²) in [5, 5.41) is 0. The van der Waals surface area contributed by atoms with Crippen LogP contribution in [0.4, 0.5) is 26.3 Å². The molecule has 3 N–H and O–H groups in total. The Morgan fingerprint density at radius 1 is 0.941 bits per heavy atom. The largest absolute Gasteiger partial charge is 2.00 e. The van der Waals surface area contributed by atoms with Gasteiger partial charge in [-0.05, 0) is 0 Å². The van der Waals surface area contributed by atoms with Crippen LogP contribution in [0.2, 0.25) is 0 Å². The SMILES string of the molecule is FC(F)(F)[CH-]C(F)(F)F.O=P(O)(O)O.[CH2-]C.[Mg+2]. The molecule has 17 heavy (non-hydrogen) atoms. The average Bonchev–Trinajstić information content (AvgIpc) is 1.78. The summed E-state index contributed by atoms with van der Waals surface area (Å²) in [6.07, 6.45) is -12.2. The van der Waals surface area contributed by atoms with Crippen LogP contribution in [-0.2, 0) is 4.57 Å². The van der Waals surface area contributed by atoms with E-state index in [1.54, 1.807) is 6.92 Å². The van der Waals surface area contributed by atoms with Gasteiger partial charge in [0.2, 0.25) is 0 Å². The van der Waals surface area contributed by atoms with Crippen molar-refractivity contribution in [2.45, 2.75) is 19.3 Å². The normalized spacial score (nSPS) is 11.2. The fraction of sp³-hybridized carbons (Fsp3) is 0.600. The Morgan fingerprint density at radius 2 is 1.06 bits per heavy atom. The van der Waals surface area contributed by atoms with Crippen molar-refractivity contribution in [3.63, 3.8) is 0 Å². The first-order chi connectivity index (χ1) is 6.71. The molecule has 0 radical (unpaired) electrons. The Hall–Kier alpha value is 0.456. The smallest absolute Gasteiger partial charge is 0.346 e. The standard InChI is InChI=1S/C3HF6.C2H5.Mg.H3O4P/c4-2(5,6)1-3(7,8)9;1-2;;1-5(2,3)4/h1H;1H2,2H3;;(H3,1,2,3,4)/q2*-1;+2;. The molecular formula is C5H9F6MgO4P. The number of halogens is 6. The van der Waals surface area contributed by atoms with Gasteiger partial charge in [0, 0.05) is 0 Å². The zero-order chi connectivity index (χ0) is 14.2. The predicted octanol–water partition coefficient (Wildman–Crippen LogP) is 1.85. The second-order valence-corrected chi connectivity index (χ2v) is 2.77. The molecule has 0 heterocycles. The van der Waals surface area contributed by atoms with Crippen LogP contribution in [0.5, 0.6) is 0 Å². The molecule has 0 bridgehead atoms. The molecule has 0 aliphatic carbocycles.